The lowest BCUT2D eigenvalue weighted by molar-refractivity contribution is 0.0644. The molecule has 0 aliphatic carbocycles. The molecule has 3 heterocycles. The van der Waals surface area contributed by atoms with Crippen LogP contribution in [-0.4, -0.2) is 70.3 Å². The van der Waals surface area contributed by atoms with Crippen molar-refractivity contribution in [3.63, 3.8) is 0 Å². The van der Waals surface area contributed by atoms with Gasteiger partial charge in [-0.1, -0.05) is 12.1 Å². The van der Waals surface area contributed by atoms with E-state index in [-0.39, 0.29) is 18.4 Å². The van der Waals surface area contributed by atoms with E-state index in [0.29, 0.717) is 34.4 Å². The summed E-state index contributed by atoms with van der Waals surface area (Å²) in [6, 6.07) is 20.7. The van der Waals surface area contributed by atoms with Crippen LogP contribution in [0.3, 0.4) is 0 Å². The average Bonchev–Trinajstić information content (AvgIpc) is 3.52. The molecule has 38 heavy (non-hydrogen) atoms. The lowest BCUT2D eigenvalue weighted by Gasteiger charge is -2.36. The van der Waals surface area contributed by atoms with Crippen LogP contribution in [0.1, 0.15) is 46.4 Å². The summed E-state index contributed by atoms with van der Waals surface area (Å²) in [5.41, 5.74) is 3.01. The minimum absolute atomic E-state index is 0.0674. The molecule has 2 saturated heterocycles. The summed E-state index contributed by atoms with van der Waals surface area (Å²) in [5, 5.41) is 14.2. The minimum atomic E-state index is -0.382. The van der Waals surface area contributed by atoms with Crippen LogP contribution in [0, 0.1) is 23.5 Å². The highest BCUT2D eigenvalue weighted by atomic mass is 16.2. The third-order valence-electron chi connectivity index (χ3n) is 7.05. The van der Waals surface area contributed by atoms with Crippen LogP contribution >= 0.6 is 0 Å². The number of nitrogens with zero attached hydrogens (tertiary/aromatic N) is 5. The number of piperidine rings is 1. The number of rotatable bonds is 7. The Morgan fingerprint density at radius 2 is 1.76 bits per heavy atom. The van der Waals surface area contributed by atoms with Crippen LogP contribution in [0.15, 0.2) is 48.7 Å². The summed E-state index contributed by atoms with van der Waals surface area (Å²) in [5.74, 6) is 0.0916. The van der Waals surface area contributed by atoms with Gasteiger partial charge in [-0.3, -0.25) is 9.59 Å². The zero-order chi connectivity index (χ0) is 26.3. The Balaban J connectivity index is 1.18. The van der Waals surface area contributed by atoms with Crippen molar-refractivity contribution in [2.75, 3.05) is 38.0 Å². The number of carbonyl (C=O) groups excluding carboxylic acids is 2. The summed E-state index contributed by atoms with van der Waals surface area (Å²) in [4.78, 5) is 38.4. The quantitative estimate of drug-likeness (QED) is 0.471. The number of nitriles is 1. The van der Waals surface area contributed by atoms with Gasteiger partial charge in [-0.05, 0) is 81.2 Å². The highest BCUT2D eigenvalue weighted by Crippen LogP contribution is 2.23. The Bertz CT molecular complexity index is 1300. The second kappa shape index (κ2) is 11.7. The van der Waals surface area contributed by atoms with Gasteiger partial charge in [-0.25, -0.2) is 9.97 Å². The molecule has 192 valence electrons. The monoisotopic (exact) mass is 507 g/mol. The largest absolute Gasteiger partial charge is 0.339 e. The second-order valence-corrected chi connectivity index (χ2v) is 9.49. The fourth-order valence-electron chi connectivity index (χ4n) is 5.00. The molecule has 2 fully saturated rings. The lowest BCUT2D eigenvalue weighted by Crippen LogP contribution is -2.45. The van der Waals surface area contributed by atoms with E-state index < -0.39 is 0 Å². The molecule has 0 spiro atoms. The van der Waals surface area contributed by atoms with Crippen LogP contribution < -0.4 is 10.6 Å². The Labute approximate surface area is 222 Å². The van der Waals surface area contributed by atoms with Crippen LogP contribution in [0.4, 0.5) is 11.6 Å². The fourth-order valence-corrected chi connectivity index (χ4v) is 5.00. The minimum Gasteiger partial charge on any atom is -0.339 e. The van der Waals surface area contributed by atoms with Crippen molar-refractivity contribution in [2.24, 2.45) is 0 Å². The lowest BCUT2D eigenvalue weighted by atomic mass is 10.0. The van der Waals surface area contributed by atoms with Gasteiger partial charge in [0.1, 0.15) is 6.54 Å². The molecule has 2 amide bonds. The van der Waals surface area contributed by atoms with Gasteiger partial charge in [-0.15, -0.1) is 0 Å². The van der Waals surface area contributed by atoms with E-state index in [9.17, 15) is 9.59 Å². The maximum atomic E-state index is 13.0. The van der Waals surface area contributed by atoms with Crippen molar-refractivity contribution in [3.8, 4) is 17.3 Å². The van der Waals surface area contributed by atoms with Crippen LogP contribution in [0.5, 0.6) is 0 Å². The maximum absolute atomic E-state index is 13.0. The predicted octanol–water partition coefficient (Wildman–Crippen LogP) is 3.44. The molecular formula is C29H29N7O2. The number of benzene rings is 1. The molecule has 2 aliphatic heterocycles. The van der Waals surface area contributed by atoms with Crippen molar-refractivity contribution in [3.05, 3.63) is 71.9 Å². The zero-order valence-corrected chi connectivity index (χ0v) is 21.1. The standard InChI is InChI=1S/C29H29N7O2/c30-14-16-31-27(37)22-5-3-21(4-6-22)26-11-15-32-29(34-26)33-24-9-7-23(8-10-24)28(38)36-19-12-25(13-20-36)35-17-1-2-18-35/h3,5,7-11,15,25H,1-2,12-13,16-20H2,(H,31,37)(H,32,33,34). The van der Waals surface area contributed by atoms with E-state index in [1.165, 1.54) is 25.9 Å². The molecule has 0 unspecified atom stereocenters. The molecule has 2 N–H and O–H groups in total. The first-order valence-electron chi connectivity index (χ1n) is 12.9. The van der Waals surface area contributed by atoms with E-state index in [4.69, 9.17) is 5.26 Å². The summed E-state index contributed by atoms with van der Waals surface area (Å²) in [6.07, 6.45) is 6.32. The molecule has 9 heteroatoms. The number of hydrogen-bond donors (Lipinski definition) is 2. The molecule has 2 aromatic carbocycles. The Morgan fingerprint density at radius 3 is 2.45 bits per heavy atom. The van der Waals surface area contributed by atoms with Crippen molar-refractivity contribution in [2.45, 2.75) is 31.7 Å². The van der Waals surface area contributed by atoms with Gasteiger partial charge in [0.2, 0.25) is 5.95 Å². The average molecular weight is 508 g/mol. The number of amides is 2. The SMILES string of the molecule is N#CCNC(=O)c1c#cc(-c2ccnc(Nc3ccc(C(=O)N4CCC(N5CCCC5)CC4)cc3)n2)cc1. The first kappa shape index (κ1) is 25.2. The molecule has 2 aliphatic rings. The molecule has 9 nitrogen and oxygen atoms in total. The third-order valence-corrected chi connectivity index (χ3v) is 7.05. The van der Waals surface area contributed by atoms with Crippen molar-refractivity contribution in [1.82, 2.24) is 25.1 Å². The first-order valence-corrected chi connectivity index (χ1v) is 12.9. The highest BCUT2D eigenvalue weighted by molar-refractivity contribution is 5.95. The summed E-state index contributed by atoms with van der Waals surface area (Å²) in [6.45, 7) is 3.94. The zero-order valence-electron chi connectivity index (χ0n) is 21.1. The van der Waals surface area contributed by atoms with Crippen LogP contribution in [-0.2, 0) is 0 Å². The van der Waals surface area contributed by atoms with Gasteiger partial charge in [0.05, 0.1) is 22.9 Å². The molecule has 5 rings (SSSR count). The molecule has 0 radical (unpaired) electrons. The van der Waals surface area contributed by atoms with Crippen molar-refractivity contribution >= 4 is 23.5 Å². The number of anilines is 2. The normalized spacial score (nSPS) is 15.9. The van der Waals surface area contributed by atoms with Crippen LogP contribution in [0.25, 0.3) is 11.3 Å². The molecular weight excluding hydrogens is 478 g/mol. The van der Waals surface area contributed by atoms with Gasteiger partial charge in [0.25, 0.3) is 11.8 Å². The second-order valence-electron chi connectivity index (χ2n) is 9.49. The molecule has 0 bridgehead atoms. The Kier molecular flexibility index (Phi) is 7.77. The van der Waals surface area contributed by atoms with Crippen LogP contribution in [0.2, 0.25) is 0 Å². The number of aromatic nitrogens is 2. The van der Waals surface area contributed by atoms with E-state index in [1.807, 2.05) is 35.2 Å². The van der Waals surface area contributed by atoms with Gasteiger partial charge in [0, 0.05) is 36.6 Å². The first-order chi connectivity index (χ1) is 18.6. The summed E-state index contributed by atoms with van der Waals surface area (Å²) >= 11 is 0. The van der Waals surface area contributed by atoms with E-state index in [1.54, 1.807) is 24.4 Å². The third kappa shape index (κ3) is 5.91. The van der Waals surface area contributed by atoms with Gasteiger partial charge >= 0.3 is 0 Å². The summed E-state index contributed by atoms with van der Waals surface area (Å²) < 4.78 is 0. The summed E-state index contributed by atoms with van der Waals surface area (Å²) in [7, 11) is 0. The number of nitrogens with one attached hydrogen (secondary N) is 2. The number of hydrogen-bond acceptors (Lipinski definition) is 7. The molecule has 3 aromatic rings. The molecule has 0 atom stereocenters. The van der Waals surface area contributed by atoms with Gasteiger partial charge in [0.15, 0.2) is 0 Å². The van der Waals surface area contributed by atoms with Gasteiger partial charge in [-0.2, -0.15) is 5.26 Å². The maximum Gasteiger partial charge on any atom is 0.260 e. The Hall–Kier alpha value is -4.47. The molecule has 0 saturated carbocycles. The topological polar surface area (TPSA) is 114 Å². The number of likely N-dealkylation sites (tertiary alicyclic amines) is 2. The fraction of sp³-hybridized carbons (Fsp3) is 0.345. The van der Waals surface area contributed by atoms with Crippen molar-refractivity contribution in [1.29, 1.82) is 5.26 Å². The highest BCUT2D eigenvalue weighted by Gasteiger charge is 2.28. The van der Waals surface area contributed by atoms with E-state index >= 15 is 0 Å². The van der Waals surface area contributed by atoms with E-state index in [2.05, 4.69) is 37.6 Å². The van der Waals surface area contributed by atoms with Crippen molar-refractivity contribution < 1.29 is 9.59 Å². The van der Waals surface area contributed by atoms with Gasteiger partial charge < -0.3 is 20.4 Å². The Morgan fingerprint density at radius 1 is 1.00 bits per heavy atom. The number of carbonyl (C=O) groups is 2. The smallest absolute Gasteiger partial charge is 0.260 e. The molecule has 1 aromatic heterocycles. The predicted molar refractivity (Wildman–Crippen MR) is 143 cm³/mol. The van der Waals surface area contributed by atoms with E-state index in [0.717, 1.165) is 31.6 Å².